The molecule has 2 fully saturated rings. The largest absolute Gasteiger partial charge is 0.472 e. The van der Waals surface area contributed by atoms with Gasteiger partial charge in [0.15, 0.2) is 0 Å². The van der Waals surface area contributed by atoms with E-state index in [4.69, 9.17) is 9.15 Å². The van der Waals surface area contributed by atoms with Crippen molar-refractivity contribution in [2.45, 2.75) is 18.6 Å². The maximum Gasteiger partial charge on any atom is 0.0947 e. The first kappa shape index (κ1) is 14.0. The van der Waals surface area contributed by atoms with Gasteiger partial charge in [0.1, 0.15) is 0 Å². The first-order chi connectivity index (χ1) is 10.9. The molecule has 4 nitrogen and oxygen atoms in total. The van der Waals surface area contributed by atoms with Crippen molar-refractivity contribution in [3.05, 3.63) is 60.1 Å². The number of nitrogens with zero attached hydrogens (tertiary/aromatic N) is 2. The number of morpholine rings is 1. The fourth-order valence-corrected chi connectivity index (χ4v) is 3.65. The summed E-state index contributed by atoms with van der Waals surface area (Å²) in [7, 11) is 0. The summed E-state index contributed by atoms with van der Waals surface area (Å²) in [6, 6.07) is 13.7. The normalized spacial score (nSPS) is 26.7. The van der Waals surface area contributed by atoms with Crippen LogP contribution in [0, 0.1) is 0 Å². The molecule has 0 spiro atoms. The highest BCUT2D eigenvalue weighted by Gasteiger charge is 2.36. The molecule has 0 radical (unpaired) electrons. The fourth-order valence-electron chi connectivity index (χ4n) is 3.65. The molecule has 2 saturated heterocycles. The summed E-state index contributed by atoms with van der Waals surface area (Å²) in [5.74, 6) is 0. The van der Waals surface area contributed by atoms with E-state index in [0.29, 0.717) is 12.1 Å². The van der Waals surface area contributed by atoms with E-state index in [-0.39, 0.29) is 0 Å². The van der Waals surface area contributed by atoms with Crippen LogP contribution in [-0.4, -0.2) is 48.7 Å². The summed E-state index contributed by atoms with van der Waals surface area (Å²) < 4.78 is 11.1. The number of furan rings is 1. The van der Waals surface area contributed by atoms with Crippen molar-refractivity contribution in [1.82, 2.24) is 9.80 Å². The van der Waals surface area contributed by atoms with Crippen LogP contribution in [0.3, 0.4) is 0 Å². The van der Waals surface area contributed by atoms with Crippen LogP contribution < -0.4 is 0 Å². The zero-order valence-corrected chi connectivity index (χ0v) is 12.7. The molecule has 116 valence electrons. The first-order valence-electron chi connectivity index (χ1n) is 8.02. The number of piperazine rings is 1. The maximum atomic E-state index is 5.90. The van der Waals surface area contributed by atoms with Crippen LogP contribution in [0.5, 0.6) is 0 Å². The Balaban J connectivity index is 1.45. The molecule has 4 heteroatoms. The molecule has 0 bridgehead atoms. The molecule has 2 aromatic rings. The number of hydrogen-bond acceptors (Lipinski definition) is 4. The molecule has 0 N–H and O–H groups in total. The lowest BCUT2D eigenvalue weighted by molar-refractivity contribution is -0.0836. The van der Waals surface area contributed by atoms with E-state index in [1.54, 1.807) is 6.26 Å². The summed E-state index contributed by atoms with van der Waals surface area (Å²) >= 11 is 0. The van der Waals surface area contributed by atoms with Gasteiger partial charge in [0.25, 0.3) is 0 Å². The highest BCUT2D eigenvalue weighted by Crippen LogP contribution is 2.29. The summed E-state index contributed by atoms with van der Waals surface area (Å²) in [6.45, 7) is 5.88. The number of benzene rings is 1. The first-order valence-corrected chi connectivity index (χ1v) is 8.02. The third kappa shape index (κ3) is 2.82. The molecule has 0 aliphatic carbocycles. The molecule has 1 aromatic carbocycles. The second kappa shape index (κ2) is 6.24. The van der Waals surface area contributed by atoms with Crippen molar-refractivity contribution in [2.75, 3.05) is 32.8 Å². The third-order valence-electron chi connectivity index (χ3n) is 4.77. The smallest absolute Gasteiger partial charge is 0.0947 e. The van der Waals surface area contributed by atoms with Crippen molar-refractivity contribution in [3.8, 4) is 0 Å². The third-order valence-corrected chi connectivity index (χ3v) is 4.77. The molecule has 3 heterocycles. The molecular weight excluding hydrogens is 276 g/mol. The van der Waals surface area contributed by atoms with Gasteiger partial charge >= 0.3 is 0 Å². The van der Waals surface area contributed by atoms with Gasteiger partial charge in [0.2, 0.25) is 0 Å². The van der Waals surface area contributed by atoms with Gasteiger partial charge < -0.3 is 9.15 Å². The molecule has 22 heavy (non-hydrogen) atoms. The van der Waals surface area contributed by atoms with E-state index < -0.39 is 0 Å². The Hall–Kier alpha value is -1.62. The predicted molar refractivity (Wildman–Crippen MR) is 84.5 cm³/mol. The van der Waals surface area contributed by atoms with E-state index in [0.717, 1.165) is 39.4 Å². The average Bonchev–Trinajstić information content (AvgIpc) is 3.08. The van der Waals surface area contributed by atoms with Crippen molar-refractivity contribution in [1.29, 1.82) is 0 Å². The lowest BCUT2D eigenvalue weighted by Crippen LogP contribution is -2.58. The Morgan fingerprint density at radius 2 is 1.95 bits per heavy atom. The Morgan fingerprint density at radius 3 is 2.77 bits per heavy atom. The minimum atomic E-state index is 0.399. The van der Waals surface area contributed by atoms with Gasteiger partial charge in [0.05, 0.1) is 31.8 Å². The Bertz CT molecular complexity index is 584. The van der Waals surface area contributed by atoms with Crippen LogP contribution in [0.15, 0.2) is 53.3 Å². The van der Waals surface area contributed by atoms with Gasteiger partial charge in [-0.25, -0.2) is 0 Å². The van der Waals surface area contributed by atoms with Gasteiger partial charge in [-0.1, -0.05) is 30.3 Å². The van der Waals surface area contributed by atoms with Crippen LogP contribution in [0.4, 0.5) is 0 Å². The summed E-state index contributed by atoms with van der Waals surface area (Å²) in [5, 5.41) is 0. The maximum absolute atomic E-state index is 5.90. The van der Waals surface area contributed by atoms with Crippen LogP contribution in [0.1, 0.15) is 17.2 Å². The highest BCUT2D eigenvalue weighted by atomic mass is 16.5. The Kier molecular flexibility index (Phi) is 3.97. The fraction of sp³-hybridized carbons (Fsp3) is 0.444. The monoisotopic (exact) mass is 298 g/mol. The molecule has 2 aliphatic rings. The zero-order chi connectivity index (χ0) is 14.8. The van der Waals surface area contributed by atoms with Gasteiger partial charge in [-0.2, -0.15) is 0 Å². The van der Waals surface area contributed by atoms with Gasteiger partial charge in [-0.05, 0) is 11.6 Å². The quantitative estimate of drug-likeness (QED) is 0.871. The lowest BCUT2D eigenvalue weighted by atomic mass is 10.00. The number of fused-ring (bicyclic) bond motifs is 1. The standard InChI is InChI=1S/C18H22N2O2/c1-2-4-16(5-3-1)18-14-22-13-17-11-19(7-8-20(17)18)10-15-6-9-21-12-15/h1-6,9,12,17-18H,7-8,10-11,13-14H2/t17-,18-/m1/s1. The highest BCUT2D eigenvalue weighted by molar-refractivity contribution is 5.20. The van der Waals surface area contributed by atoms with Gasteiger partial charge in [-0.3, -0.25) is 9.80 Å². The second-order valence-electron chi connectivity index (χ2n) is 6.22. The molecule has 0 amide bonds. The predicted octanol–water partition coefficient (Wildman–Crippen LogP) is 2.54. The summed E-state index contributed by atoms with van der Waals surface area (Å²) in [4.78, 5) is 5.13. The lowest BCUT2D eigenvalue weighted by Gasteiger charge is -2.48. The van der Waals surface area contributed by atoms with Gasteiger partial charge in [-0.15, -0.1) is 0 Å². The van der Waals surface area contributed by atoms with Crippen LogP contribution in [0.25, 0.3) is 0 Å². The van der Waals surface area contributed by atoms with Crippen molar-refractivity contribution in [3.63, 3.8) is 0 Å². The summed E-state index contributed by atoms with van der Waals surface area (Å²) in [5.41, 5.74) is 2.63. The minimum absolute atomic E-state index is 0.399. The number of hydrogen-bond donors (Lipinski definition) is 0. The van der Waals surface area contributed by atoms with Crippen LogP contribution in [-0.2, 0) is 11.3 Å². The van der Waals surface area contributed by atoms with E-state index in [2.05, 4.69) is 46.2 Å². The average molecular weight is 298 g/mol. The van der Waals surface area contributed by atoms with Crippen LogP contribution in [0.2, 0.25) is 0 Å². The zero-order valence-electron chi connectivity index (χ0n) is 12.7. The Labute approximate surface area is 131 Å². The molecular formula is C18H22N2O2. The van der Waals surface area contributed by atoms with E-state index in [1.165, 1.54) is 11.1 Å². The molecule has 0 saturated carbocycles. The molecule has 2 aliphatic heterocycles. The second-order valence-corrected chi connectivity index (χ2v) is 6.22. The van der Waals surface area contributed by atoms with E-state index in [9.17, 15) is 0 Å². The molecule has 2 atom stereocenters. The Morgan fingerprint density at radius 1 is 1.05 bits per heavy atom. The molecule has 4 rings (SSSR count). The van der Waals surface area contributed by atoms with Crippen molar-refractivity contribution < 1.29 is 9.15 Å². The topological polar surface area (TPSA) is 28.9 Å². The van der Waals surface area contributed by atoms with Crippen LogP contribution >= 0.6 is 0 Å². The van der Waals surface area contributed by atoms with E-state index >= 15 is 0 Å². The summed E-state index contributed by atoms with van der Waals surface area (Å²) in [6.07, 6.45) is 3.59. The van der Waals surface area contributed by atoms with Crippen molar-refractivity contribution in [2.24, 2.45) is 0 Å². The minimum Gasteiger partial charge on any atom is -0.472 e. The van der Waals surface area contributed by atoms with E-state index in [1.807, 2.05) is 6.26 Å². The molecule has 0 unspecified atom stereocenters. The molecule has 1 aromatic heterocycles. The SMILES string of the molecule is c1ccc([C@H]2COC[C@H]3CN(Cc4ccoc4)CCN32)cc1. The van der Waals surface area contributed by atoms with Gasteiger partial charge in [0, 0.05) is 37.8 Å². The van der Waals surface area contributed by atoms with Crippen molar-refractivity contribution >= 4 is 0 Å². The number of rotatable bonds is 3. The number of ether oxygens (including phenoxy) is 1.